The zero-order valence-electron chi connectivity index (χ0n) is 17.8. The first-order valence-electron chi connectivity index (χ1n) is 10.7. The lowest BCUT2D eigenvalue weighted by Gasteiger charge is -2.32. The van der Waals surface area contributed by atoms with Gasteiger partial charge in [0, 0.05) is 19.5 Å². The van der Waals surface area contributed by atoms with Crippen LogP contribution in [0.2, 0.25) is 0 Å². The lowest BCUT2D eigenvalue weighted by atomic mass is 10.2. The number of morpholine rings is 1. The molecule has 3 heterocycles. The van der Waals surface area contributed by atoms with Crippen LogP contribution in [-0.4, -0.2) is 63.3 Å². The van der Waals surface area contributed by atoms with Crippen molar-refractivity contribution in [1.82, 2.24) is 0 Å². The molecule has 2 saturated heterocycles. The zero-order valence-corrected chi connectivity index (χ0v) is 18.6. The molecule has 2 aliphatic rings. The number of hydrogen-bond acceptors (Lipinski definition) is 8. The highest BCUT2D eigenvalue weighted by molar-refractivity contribution is 7.12. The van der Waals surface area contributed by atoms with Crippen molar-refractivity contribution in [1.29, 1.82) is 0 Å². The maximum absolute atomic E-state index is 14.7. The Morgan fingerprint density at radius 3 is 2.70 bits per heavy atom. The number of carbonyl (C=O) groups excluding carboxylic acids is 3. The molecule has 2 amide bonds. The van der Waals surface area contributed by atoms with Crippen molar-refractivity contribution in [3.63, 3.8) is 0 Å². The first-order chi connectivity index (χ1) is 15.9. The van der Waals surface area contributed by atoms with E-state index in [-0.39, 0.29) is 37.4 Å². The Balaban J connectivity index is 1.37. The minimum atomic E-state index is -0.831. The molecule has 4 rings (SSSR count). The van der Waals surface area contributed by atoms with Crippen LogP contribution in [0.4, 0.5) is 20.6 Å². The van der Waals surface area contributed by atoms with Gasteiger partial charge in [0.1, 0.15) is 12.4 Å². The van der Waals surface area contributed by atoms with Gasteiger partial charge in [-0.2, -0.15) is 0 Å². The predicted octanol–water partition coefficient (Wildman–Crippen LogP) is 1.62. The molecule has 1 N–H and O–H groups in total. The molecule has 0 bridgehead atoms. The van der Waals surface area contributed by atoms with E-state index in [4.69, 9.17) is 9.47 Å². The molecular formula is C22H24FN3O6S. The Kier molecular flexibility index (Phi) is 7.33. The number of ketones is 1. The fourth-order valence-electron chi connectivity index (χ4n) is 3.89. The second-order valence-electron chi connectivity index (χ2n) is 7.77. The number of rotatable bonds is 8. The number of halogens is 1. The van der Waals surface area contributed by atoms with E-state index >= 15 is 0 Å². The van der Waals surface area contributed by atoms with Gasteiger partial charge in [-0.25, -0.2) is 14.0 Å². The largest absolute Gasteiger partial charge is 0.627 e. The quantitative estimate of drug-likeness (QED) is 0.455. The molecule has 1 aromatic heterocycles. The zero-order chi connectivity index (χ0) is 23.4. The number of nitrogens with one attached hydrogen (secondary N) is 1. The van der Waals surface area contributed by atoms with Gasteiger partial charge in [-0.3, -0.25) is 9.69 Å². The number of hydrogen-bond donors (Lipinski definition) is 1. The van der Waals surface area contributed by atoms with Crippen LogP contribution in [0.1, 0.15) is 22.5 Å². The molecule has 33 heavy (non-hydrogen) atoms. The van der Waals surface area contributed by atoms with Crippen LogP contribution in [-0.2, 0) is 14.3 Å². The Bertz CT molecular complexity index is 1010. The number of ether oxygens (including phenoxy) is 2. The van der Waals surface area contributed by atoms with Crippen LogP contribution in [0.3, 0.4) is 0 Å². The van der Waals surface area contributed by atoms with E-state index in [0.717, 1.165) is 0 Å². The normalized spacial score (nSPS) is 19.5. The molecule has 0 saturated carbocycles. The number of amides is 2. The summed E-state index contributed by atoms with van der Waals surface area (Å²) in [5.74, 6) is -1.33. The molecule has 2 aromatic rings. The summed E-state index contributed by atoms with van der Waals surface area (Å²) in [5.41, 5.74) is 0.637. The number of para-hydroxylation sites is 1. The molecule has 0 aliphatic carbocycles. The molecule has 1 unspecified atom stereocenters. The molecule has 0 spiro atoms. The third-order valence-corrected chi connectivity index (χ3v) is 6.47. The van der Waals surface area contributed by atoms with E-state index in [1.54, 1.807) is 23.6 Å². The number of cyclic esters (lactones) is 1. The topological polar surface area (TPSA) is 104 Å². The van der Waals surface area contributed by atoms with Crippen LogP contribution in [0, 0.1) is 11.0 Å². The number of quaternary nitrogens is 1. The summed E-state index contributed by atoms with van der Waals surface area (Å²) in [4.78, 5) is 40.4. The summed E-state index contributed by atoms with van der Waals surface area (Å²) in [6.45, 7) is 1.61. The summed E-state index contributed by atoms with van der Waals surface area (Å²) in [6.07, 6.45) is -1.77. The Morgan fingerprint density at radius 2 is 1.97 bits per heavy atom. The van der Waals surface area contributed by atoms with Crippen LogP contribution in [0.15, 0.2) is 35.7 Å². The average molecular weight is 478 g/mol. The Hall–Kier alpha value is -2.86. The molecule has 1 aromatic carbocycles. The lowest BCUT2D eigenvalue weighted by Crippen LogP contribution is -3.11. The van der Waals surface area contributed by atoms with E-state index < -0.39 is 29.0 Å². The van der Waals surface area contributed by atoms with Crippen molar-refractivity contribution in [3.05, 3.63) is 51.6 Å². The van der Waals surface area contributed by atoms with Crippen molar-refractivity contribution in [2.24, 2.45) is 0 Å². The Morgan fingerprint density at radius 1 is 1.18 bits per heavy atom. The van der Waals surface area contributed by atoms with E-state index in [1.807, 2.05) is 4.90 Å². The second kappa shape index (κ2) is 10.4. The van der Waals surface area contributed by atoms with E-state index in [1.165, 1.54) is 28.4 Å². The summed E-state index contributed by atoms with van der Waals surface area (Å²) >= 11 is 1.28. The van der Waals surface area contributed by atoms with Crippen molar-refractivity contribution in [3.8, 4) is 0 Å². The smallest absolute Gasteiger partial charge is 0.415 e. The number of hydroxylamine groups is 2. The molecule has 9 nitrogen and oxygen atoms in total. The van der Waals surface area contributed by atoms with Gasteiger partial charge < -0.3 is 24.6 Å². The monoisotopic (exact) mass is 477 g/mol. The summed E-state index contributed by atoms with van der Waals surface area (Å²) < 4.78 is 25.3. The molecular weight excluding hydrogens is 453 g/mol. The lowest BCUT2D eigenvalue weighted by molar-refractivity contribution is -0.769. The van der Waals surface area contributed by atoms with Crippen molar-refractivity contribution >= 4 is 40.5 Å². The van der Waals surface area contributed by atoms with Gasteiger partial charge in [0.25, 0.3) is 0 Å². The first-order valence-corrected chi connectivity index (χ1v) is 11.5. The number of anilines is 2. The first kappa shape index (κ1) is 23.3. The molecule has 0 radical (unpaired) electrons. The van der Waals surface area contributed by atoms with Crippen LogP contribution in [0.25, 0.3) is 0 Å². The minimum Gasteiger partial charge on any atom is -0.627 e. The van der Waals surface area contributed by atoms with Crippen molar-refractivity contribution < 1.29 is 33.3 Å². The van der Waals surface area contributed by atoms with Gasteiger partial charge >= 0.3 is 12.0 Å². The van der Waals surface area contributed by atoms with E-state index in [9.17, 15) is 24.0 Å². The fourth-order valence-corrected chi connectivity index (χ4v) is 4.59. The van der Waals surface area contributed by atoms with Crippen LogP contribution in [0.5, 0.6) is 0 Å². The number of Topliss-reactive ketones (excluding diaryl/α,β-unsaturated/α-hetero) is 1. The number of carbonyl (C=O) groups is 3. The van der Waals surface area contributed by atoms with E-state index in [0.29, 0.717) is 36.9 Å². The number of nitrogens with zero attached hydrogens (tertiary/aromatic N) is 2. The average Bonchev–Trinajstić information content (AvgIpc) is 3.47. The number of benzene rings is 1. The number of thiophene rings is 1. The standard InChI is InChI=1S/C22H24FN3O6S/c23-16-3-1-4-17(21(16)24-8-10-31-11-9-24)25-13-15(32-22(25)29)14-26(30)20(28)7-6-18(27)19-5-2-12-33-19/h1-5,12,15,26H,6-11,13-14H2. The molecule has 11 heteroatoms. The molecule has 176 valence electrons. The van der Waals surface area contributed by atoms with Crippen LogP contribution < -0.4 is 14.9 Å². The molecule has 2 aliphatic heterocycles. The second-order valence-corrected chi connectivity index (χ2v) is 8.72. The highest BCUT2D eigenvalue weighted by Crippen LogP contribution is 2.35. The van der Waals surface area contributed by atoms with Crippen LogP contribution >= 0.6 is 11.3 Å². The Labute approximate surface area is 193 Å². The minimum absolute atomic E-state index is 0.0206. The summed E-state index contributed by atoms with van der Waals surface area (Å²) in [6, 6.07) is 7.87. The summed E-state index contributed by atoms with van der Waals surface area (Å²) in [7, 11) is 0. The van der Waals surface area contributed by atoms with Gasteiger partial charge in [-0.05, 0) is 23.6 Å². The van der Waals surface area contributed by atoms with E-state index in [2.05, 4.69) is 0 Å². The van der Waals surface area contributed by atoms with Gasteiger partial charge in [-0.1, -0.05) is 12.1 Å². The fraction of sp³-hybridized carbons (Fsp3) is 0.409. The third kappa shape index (κ3) is 5.38. The molecule has 2 fully saturated rings. The van der Waals surface area contributed by atoms with Gasteiger partial charge in [0.2, 0.25) is 0 Å². The molecule has 2 atom stereocenters. The van der Waals surface area contributed by atoms with Crippen molar-refractivity contribution in [2.45, 2.75) is 18.9 Å². The maximum atomic E-state index is 14.7. The summed E-state index contributed by atoms with van der Waals surface area (Å²) in [5, 5.41) is 13.4. The highest BCUT2D eigenvalue weighted by atomic mass is 32.1. The van der Waals surface area contributed by atoms with Gasteiger partial charge in [0.05, 0.1) is 42.4 Å². The third-order valence-electron chi connectivity index (χ3n) is 5.56. The SMILES string of the molecule is O=C(CCC(=O)[N@@H+]([O-])CC1CN(c2cccc(F)c2N2CCOCC2)C(=O)O1)c1cccs1. The highest BCUT2D eigenvalue weighted by Gasteiger charge is 2.37. The van der Waals surface area contributed by atoms with Gasteiger partial charge in [-0.15, -0.1) is 11.3 Å². The maximum Gasteiger partial charge on any atom is 0.415 e. The predicted molar refractivity (Wildman–Crippen MR) is 119 cm³/mol. The van der Waals surface area contributed by atoms with Crippen molar-refractivity contribution in [2.75, 3.05) is 49.2 Å². The van der Waals surface area contributed by atoms with Gasteiger partial charge in [0.15, 0.2) is 11.9 Å².